The number of piperidine rings is 1. The molecule has 1 aliphatic heterocycles. The number of likely N-dealkylation sites (tertiary alicyclic amines) is 1. The summed E-state index contributed by atoms with van der Waals surface area (Å²) < 4.78 is 18.7. The summed E-state index contributed by atoms with van der Waals surface area (Å²) in [5.74, 6) is -0.355. The molecule has 3 rings (SSSR count). The molecule has 30 heavy (non-hydrogen) atoms. The molecule has 0 spiro atoms. The molecule has 2 aromatic rings. The van der Waals surface area contributed by atoms with Crippen molar-refractivity contribution in [2.75, 3.05) is 40.9 Å². The van der Waals surface area contributed by atoms with Crippen molar-refractivity contribution < 1.29 is 18.7 Å². The van der Waals surface area contributed by atoms with E-state index in [2.05, 4.69) is 0 Å². The first-order chi connectivity index (χ1) is 14.3. The number of halogens is 1. The fourth-order valence-electron chi connectivity index (χ4n) is 4.35. The molecule has 1 saturated heterocycles. The number of rotatable bonds is 6. The fraction of sp³-hybridized carbons (Fsp3) is 0.417. The highest BCUT2D eigenvalue weighted by Gasteiger charge is 2.44. The molecule has 0 aromatic heterocycles. The summed E-state index contributed by atoms with van der Waals surface area (Å²) in [6.45, 7) is 1.02. The Bertz CT molecular complexity index is 915. The molecule has 1 aliphatic rings. The molecule has 2 aromatic carbocycles. The topological polar surface area (TPSA) is 49.9 Å². The largest absolute Gasteiger partial charge is 0.375 e. The lowest BCUT2D eigenvalue weighted by Gasteiger charge is -2.43. The third-order valence-electron chi connectivity index (χ3n) is 5.68. The Hall–Kier alpha value is -2.73. The van der Waals surface area contributed by atoms with Crippen LogP contribution in [0.5, 0.6) is 0 Å². The number of carbonyl (C=O) groups is 2. The van der Waals surface area contributed by atoms with Crippen LogP contribution in [0.4, 0.5) is 4.39 Å². The van der Waals surface area contributed by atoms with Crippen molar-refractivity contribution >= 4 is 11.8 Å². The van der Waals surface area contributed by atoms with Gasteiger partial charge >= 0.3 is 0 Å². The van der Waals surface area contributed by atoms with E-state index in [1.165, 1.54) is 19.2 Å². The Labute approximate surface area is 177 Å². The number of methoxy groups -OCH3 is 1. The number of hydrogen-bond donors (Lipinski definition) is 0. The molecule has 0 radical (unpaired) electrons. The van der Waals surface area contributed by atoms with E-state index in [1.807, 2.05) is 30.3 Å². The van der Waals surface area contributed by atoms with Crippen LogP contribution in [-0.2, 0) is 20.7 Å². The van der Waals surface area contributed by atoms with Crippen molar-refractivity contribution in [3.8, 4) is 11.1 Å². The monoisotopic (exact) mass is 412 g/mol. The van der Waals surface area contributed by atoms with Gasteiger partial charge in [0.1, 0.15) is 12.4 Å². The Balaban J connectivity index is 1.92. The maximum atomic E-state index is 13.7. The van der Waals surface area contributed by atoms with Crippen molar-refractivity contribution in [3.05, 3.63) is 59.9 Å². The van der Waals surface area contributed by atoms with Crippen LogP contribution in [-0.4, -0.2) is 62.5 Å². The standard InChI is InChI=1S/C24H29FN2O3/c1-26(2)23(29)24(11-6-12-27(17-24)22(28)16-30-3)15-18-7-4-8-19(13-18)20-9-5-10-21(25)14-20/h4-5,7-10,13-14H,6,11-12,15-17H2,1-3H3/t24-/m1/s1. The minimum atomic E-state index is -0.689. The second-order valence-corrected chi connectivity index (χ2v) is 8.22. The lowest BCUT2D eigenvalue weighted by Crippen LogP contribution is -2.54. The zero-order valence-electron chi connectivity index (χ0n) is 17.9. The van der Waals surface area contributed by atoms with E-state index < -0.39 is 5.41 Å². The molecular formula is C24H29FN2O3. The Kier molecular flexibility index (Phi) is 6.87. The van der Waals surface area contributed by atoms with E-state index >= 15 is 0 Å². The molecule has 0 bridgehead atoms. The summed E-state index contributed by atoms with van der Waals surface area (Å²) in [7, 11) is 5.00. The summed E-state index contributed by atoms with van der Waals surface area (Å²) >= 11 is 0. The smallest absolute Gasteiger partial charge is 0.248 e. The molecule has 1 fully saturated rings. The van der Waals surface area contributed by atoms with Crippen molar-refractivity contribution in [2.45, 2.75) is 19.3 Å². The lowest BCUT2D eigenvalue weighted by molar-refractivity contribution is -0.148. The molecule has 6 heteroatoms. The van der Waals surface area contributed by atoms with Gasteiger partial charge in [0.05, 0.1) is 5.41 Å². The second kappa shape index (κ2) is 9.39. The second-order valence-electron chi connectivity index (χ2n) is 8.22. The van der Waals surface area contributed by atoms with Gasteiger partial charge < -0.3 is 14.5 Å². The zero-order valence-corrected chi connectivity index (χ0v) is 17.9. The molecule has 2 amide bonds. The van der Waals surface area contributed by atoms with Gasteiger partial charge in [-0.2, -0.15) is 0 Å². The van der Waals surface area contributed by atoms with Gasteiger partial charge in [0.25, 0.3) is 0 Å². The molecule has 0 N–H and O–H groups in total. The van der Waals surface area contributed by atoms with Crippen LogP contribution in [0.2, 0.25) is 0 Å². The van der Waals surface area contributed by atoms with E-state index in [0.717, 1.165) is 23.1 Å². The van der Waals surface area contributed by atoms with Crippen LogP contribution in [0.15, 0.2) is 48.5 Å². The highest BCUT2D eigenvalue weighted by molar-refractivity contribution is 5.85. The van der Waals surface area contributed by atoms with Crippen LogP contribution in [0, 0.1) is 11.2 Å². The van der Waals surface area contributed by atoms with E-state index in [4.69, 9.17) is 4.74 Å². The van der Waals surface area contributed by atoms with Gasteiger partial charge in [-0.3, -0.25) is 9.59 Å². The summed E-state index contributed by atoms with van der Waals surface area (Å²) in [5, 5.41) is 0. The van der Waals surface area contributed by atoms with Gasteiger partial charge in [-0.15, -0.1) is 0 Å². The number of ether oxygens (including phenoxy) is 1. The Morgan fingerprint density at radius 2 is 1.83 bits per heavy atom. The summed E-state index contributed by atoms with van der Waals surface area (Å²) in [4.78, 5) is 29.1. The highest BCUT2D eigenvalue weighted by atomic mass is 19.1. The molecule has 0 aliphatic carbocycles. The molecular weight excluding hydrogens is 383 g/mol. The predicted molar refractivity (Wildman–Crippen MR) is 114 cm³/mol. The molecule has 0 saturated carbocycles. The van der Waals surface area contributed by atoms with E-state index in [-0.39, 0.29) is 24.2 Å². The van der Waals surface area contributed by atoms with E-state index in [0.29, 0.717) is 25.9 Å². The third kappa shape index (κ3) is 4.87. The summed E-state index contributed by atoms with van der Waals surface area (Å²) in [6.07, 6.45) is 1.99. The third-order valence-corrected chi connectivity index (χ3v) is 5.68. The first-order valence-electron chi connectivity index (χ1n) is 10.2. The average Bonchev–Trinajstić information content (AvgIpc) is 2.73. The fourth-order valence-corrected chi connectivity index (χ4v) is 4.35. The van der Waals surface area contributed by atoms with E-state index in [9.17, 15) is 14.0 Å². The first kappa shape index (κ1) is 22.0. The molecule has 1 heterocycles. The highest BCUT2D eigenvalue weighted by Crippen LogP contribution is 2.36. The van der Waals surface area contributed by atoms with Crippen LogP contribution in [0.25, 0.3) is 11.1 Å². The summed E-state index contributed by atoms with van der Waals surface area (Å²) in [5.41, 5.74) is 2.01. The number of amides is 2. The van der Waals surface area contributed by atoms with Crippen LogP contribution in [0.3, 0.4) is 0 Å². The molecule has 160 valence electrons. The van der Waals surface area contributed by atoms with Crippen molar-refractivity contribution in [1.29, 1.82) is 0 Å². The van der Waals surface area contributed by atoms with Crippen molar-refractivity contribution in [2.24, 2.45) is 5.41 Å². The Morgan fingerprint density at radius 3 is 2.50 bits per heavy atom. The van der Waals surface area contributed by atoms with Gasteiger partial charge in [-0.1, -0.05) is 36.4 Å². The minimum Gasteiger partial charge on any atom is -0.375 e. The van der Waals surface area contributed by atoms with Crippen molar-refractivity contribution in [3.63, 3.8) is 0 Å². The first-order valence-corrected chi connectivity index (χ1v) is 10.2. The number of nitrogens with zero attached hydrogens (tertiary/aromatic N) is 2. The molecule has 5 nitrogen and oxygen atoms in total. The number of carbonyl (C=O) groups excluding carboxylic acids is 2. The average molecular weight is 413 g/mol. The van der Waals surface area contributed by atoms with Gasteiger partial charge in [0, 0.05) is 34.3 Å². The summed E-state index contributed by atoms with van der Waals surface area (Å²) in [6, 6.07) is 14.4. The minimum absolute atomic E-state index is 0.0152. The van der Waals surface area contributed by atoms with Gasteiger partial charge in [0.15, 0.2) is 0 Å². The molecule has 0 unspecified atom stereocenters. The quantitative estimate of drug-likeness (QED) is 0.731. The van der Waals surface area contributed by atoms with Gasteiger partial charge in [0.2, 0.25) is 11.8 Å². The van der Waals surface area contributed by atoms with Crippen molar-refractivity contribution in [1.82, 2.24) is 9.80 Å². The van der Waals surface area contributed by atoms with Gasteiger partial charge in [-0.05, 0) is 48.1 Å². The van der Waals surface area contributed by atoms with Crippen LogP contribution >= 0.6 is 0 Å². The molecule has 1 atom stereocenters. The maximum Gasteiger partial charge on any atom is 0.248 e. The SMILES string of the molecule is COCC(=O)N1CCC[C@](Cc2cccc(-c3cccc(F)c3)c2)(C(=O)N(C)C)C1. The van der Waals surface area contributed by atoms with E-state index in [1.54, 1.807) is 30.0 Å². The van der Waals surface area contributed by atoms with Gasteiger partial charge in [-0.25, -0.2) is 4.39 Å². The lowest BCUT2D eigenvalue weighted by atomic mass is 9.73. The Morgan fingerprint density at radius 1 is 1.13 bits per heavy atom. The predicted octanol–water partition coefficient (Wildman–Crippen LogP) is 3.38. The normalized spacial score (nSPS) is 18.9. The zero-order chi connectivity index (χ0) is 21.7. The maximum absolute atomic E-state index is 13.7. The number of benzene rings is 2. The van der Waals surface area contributed by atoms with Crippen LogP contribution < -0.4 is 0 Å². The van der Waals surface area contributed by atoms with Crippen LogP contribution in [0.1, 0.15) is 18.4 Å². The number of hydrogen-bond acceptors (Lipinski definition) is 3.